The zero-order valence-corrected chi connectivity index (χ0v) is 10.1. The van der Waals surface area contributed by atoms with Crippen molar-refractivity contribution in [3.63, 3.8) is 0 Å². The molecule has 4 heteroatoms. The zero-order chi connectivity index (χ0) is 12.3. The number of carbonyl (C=O) groups excluding carboxylic acids is 1. The number of amides is 1. The second-order valence-corrected chi connectivity index (χ2v) is 4.26. The number of aryl methyl sites for hydroxylation is 1. The Bertz CT molecular complexity index is 418. The number of benzene rings is 1. The van der Waals surface area contributed by atoms with Gasteiger partial charge >= 0.3 is 0 Å². The standard InChI is InChI=1S/C13H18N2O2/c1-10-4-5-11-12(9-10)17-8-7-15(11)13(16)3-2-6-14/h4-5,9H,2-3,6-8,14H2,1H3. The van der Waals surface area contributed by atoms with Gasteiger partial charge in [-0.25, -0.2) is 0 Å². The molecular formula is C13H18N2O2. The lowest BCUT2D eigenvalue weighted by molar-refractivity contribution is -0.118. The number of fused-ring (bicyclic) bond motifs is 1. The van der Waals surface area contributed by atoms with Crippen LogP contribution >= 0.6 is 0 Å². The van der Waals surface area contributed by atoms with Gasteiger partial charge in [0.05, 0.1) is 12.2 Å². The van der Waals surface area contributed by atoms with Gasteiger partial charge in [0.25, 0.3) is 0 Å². The summed E-state index contributed by atoms with van der Waals surface area (Å²) in [6, 6.07) is 5.92. The van der Waals surface area contributed by atoms with E-state index in [1.807, 2.05) is 25.1 Å². The average Bonchev–Trinajstić information content (AvgIpc) is 2.34. The molecule has 1 aliphatic heterocycles. The average molecular weight is 234 g/mol. The summed E-state index contributed by atoms with van der Waals surface area (Å²) in [5.74, 6) is 0.932. The molecule has 0 saturated carbocycles. The largest absolute Gasteiger partial charge is 0.490 e. The molecule has 2 N–H and O–H groups in total. The van der Waals surface area contributed by atoms with Gasteiger partial charge in [0.2, 0.25) is 5.91 Å². The number of nitrogens with two attached hydrogens (primary N) is 1. The molecule has 92 valence electrons. The molecule has 1 heterocycles. The first kappa shape index (κ1) is 11.9. The van der Waals surface area contributed by atoms with E-state index in [1.165, 1.54) is 0 Å². The number of hydrogen-bond donors (Lipinski definition) is 1. The molecule has 1 aliphatic rings. The molecule has 2 rings (SSSR count). The van der Waals surface area contributed by atoms with Gasteiger partial charge < -0.3 is 15.4 Å². The van der Waals surface area contributed by atoms with Gasteiger partial charge in [0, 0.05) is 6.42 Å². The third-order valence-electron chi connectivity index (χ3n) is 2.87. The van der Waals surface area contributed by atoms with Crippen molar-refractivity contribution in [3.8, 4) is 5.75 Å². The Morgan fingerprint density at radius 3 is 3.12 bits per heavy atom. The molecule has 4 nitrogen and oxygen atoms in total. The highest BCUT2D eigenvalue weighted by Crippen LogP contribution is 2.32. The third-order valence-corrected chi connectivity index (χ3v) is 2.87. The summed E-state index contributed by atoms with van der Waals surface area (Å²) in [7, 11) is 0. The minimum Gasteiger partial charge on any atom is -0.490 e. The van der Waals surface area contributed by atoms with Crippen LogP contribution in [-0.4, -0.2) is 25.6 Å². The van der Waals surface area contributed by atoms with Crippen LogP contribution < -0.4 is 15.4 Å². The fourth-order valence-electron chi connectivity index (χ4n) is 1.97. The highest BCUT2D eigenvalue weighted by molar-refractivity contribution is 5.95. The molecule has 0 saturated heterocycles. The maximum atomic E-state index is 12.0. The second-order valence-electron chi connectivity index (χ2n) is 4.26. The summed E-state index contributed by atoms with van der Waals surface area (Å²) in [4.78, 5) is 13.8. The van der Waals surface area contributed by atoms with E-state index in [2.05, 4.69) is 0 Å². The summed E-state index contributed by atoms with van der Waals surface area (Å²) in [6.07, 6.45) is 1.24. The van der Waals surface area contributed by atoms with Crippen molar-refractivity contribution in [2.75, 3.05) is 24.6 Å². The molecule has 0 aromatic heterocycles. The van der Waals surface area contributed by atoms with Crippen LogP contribution in [0, 0.1) is 6.92 Å². The quantitative estimate of drug-likeness (QED) is 0.861. The lowest BCUT2D eigenvalue weighted by Gasteiger charge is -2.29. The zero-order valence-electron chi connectivity index (χ0n) is 10.1. The molecule has 1 amide bonds. The molecule has 0 bridgehead atoms. The summed E-state index contributed by atoms with van der Waals surface area (Å²) in [5, 5.41) is 0. The highest BCUT2D eigenvalue weighted by Gasteiger charge is 2.22. The Labute approximate surface area is 101 Å². The van der Waals surface area contributed by atoms with Crippen molar-refractivity contribution in [1.29, 1.82) is 0 Å². The van der Waals surface area contributed by atoms with E-state index >= 15 is 0 Å². The SMILES string of the molecule is Cc1ccc2c(c1)OCCN2C(=O)CCCN. The van der Waals surface area contributed by atoms with Crippen LogP contribution in [0.15, 0.2) is 18.2 Å². The van der Waals surface area contributed by atoms with Crippen molar-refractivity contribution in [2.24, 2.45) is 5.73 Å². The normalized spacial score (nSPS) is 14.1. The number of nitrogens with zero attached hydrogens (tertiary/aromatic N) is 1. The third kappa shape index (κ3) is 2.58. The molecule has 0 radical (unpaired) electrons. The van der Waals surface area contributed by atoms with E-state index in [0.717, 1.165) is 23.4 Å². The number of carbonyl (C=O) groups is 1. The maximum absolute atomic E-state index is 12.0. The number of rotatable bonds is 3. The Kier molecular flexibility index (Phi) is 3.64. The van der Waals surface area contributed by atoms with Crippen LogP contribution in [0.1, 0.15) is 18.4 Å². The first-order valence-electron chi connectivity index (χ1n) is 5.96. The van der Waals surface area contributed by atoms with E-state index in [-0.39, 0.29) is 5.91 Å². The van der Waals surface area contributed by atoms with Crippen LogP contribution in [0.3, 0.4) is 0 Å². The Morgan fingerprint density at radius 2 is 2.35 bits per heavy atom. The van der Waals surface area contributed by atoms with E-state index in [1.54, 1.807) is 4.90 Å². The van der Waals surface area contributed by atoms with Crippen molar-refractivity contribution in [3.05, 3.63) is 23.8 Å². The highest BCUT2D eigenvalue weighted by atomic mass is 16.5. The van der Waals surface area contributed by atoms with Crippen molar-refractivity contribution in [2.45, 2.75) is 19.8 Å². The fraction of sp³-hybridized carbons (Fsp3) is 0.462. The predicted octanol–water partition coefficient (Wildman–Crippen LogP) is 1.46. The van der Waals surface area contributed by atoms with Gasteiger partial charge in [-0.15, -0.1) is 0 Å². The smallest absolute Gasteiger partial charge is 0.227 e. The molecule has 0 spiro atoms. The Balaban J connectivity index is 2.19. The maximum Gasteiger partial charge on any atom is 0.227 e. The van der Waals surface area contributed by atoms with Crippen LogP contribution in [-0.2, 0) is 4.79 Å². The van der Waals surface area contributed by atoms with E-state index < -0.39 is 0 Å². The van der Waals surface area contributed by atoms with Crippen molar-refractivity contribution in [1.82, 2.24) is 0 Å². The fourth-order valence-corrected chi connectivity index (χ4v) is 1.97. The first-order valence-corrected chi connectivity index (χ1v) is 5.96. The van der Waals surface area contributed by atoms with Crippen molar-refractivity contribution >= 4 is 11.6 Å². The van der Waals surface area contributed by atoms with Crippen LogP contribution in [0.4, 0.5) is 5.69 Å². The Hall–Kier alpha value is -1.55. The molecule has 17 heavy (non-hydrogen) atoms. The van der Waals surface area contributed by atoms with Crippen molar-refractivity contribution < 1.29 is 9.53 Å². The minimum atomic E-state index is 0.129. The second kappa shape index (κ2) is 5.19. The topological polar surface area (TPSA) is 55.6 Å². The lowest BCUT2D eigenvalue weighted by atomic mass is 10.1. The molecule has 0 aliphatic carbocycles. The molecule has 0 fully saturated rings. The molecule has 0 unspecified atom stereocenters. The number of anilines is 1. The van der Waals surface area contributed by atoms with E-state index in [0.29, 0.717) is 26.1 Å². The van der Waals surface area contributed by atoms with E-state index in [4.69, 9.17) is 10.5 Å². The summed E-state index contributed by atoms with van der Waals surface area (Å²) < 4.78 is 5.57. The first-order chi connectivity index (χ1) is 8.22. The van der Waals surface area contributed by atoms with Gasteiger partial charge in [-0.1, -0.05) is 6.07 Å². The molecule has 0 atom stereocenters. The van der Waals surface area contributed by atoms with E-state index in [9.17, 15) is 4.79 Å². The number of hydrogen-bond acceptors (Lipinski definition) is 3. The molecule has 1 aromatic carbocycles. The molecular weight excluding hydrogens is 216 g/mol. The van der Waals surface area contributed by atoms with Crippen LogP contribution in [0.2, 0.25) is 0 Å². The predicted molar refractivity (Wildman–Crippen MR) is 67.3 cm³/mol. The van der Waals surface area contributed by atoms with Gasteiger partial charge in [0.15, 0.2) is 0 Å². The summed E-state index contributed by atoms with van der Waals surface area (Å²) in [6.45, 7) is 3.75. The molecule has 1 aromatic rings. The Morgan fingerprint density at radius 1 is 1.53 bits per heavy atom. The van der Waals surface area contributed by atoms with Gasteiger partial charge in [-0.3, -0.25) is 4.79 Å². The number of ether oxygens (including phenoxy) is 1. The van der Waals surface area contributed by atoms with Gasteiger partial charge in [-0.2, -0.15) is 0 Å². The summed E-state index contributed by atoms with van der Waals surface area (Å²) >= 11 is 0. The van der Waals surface area contributed by atoms with Crippen LogP contribution in [0.5, 0.6) is 5.75 Å². The van der Waals surface area contributed by atoms with Crippen LogP contribution in [0.25, 0.3) is 0 Å². The summed E-state index contributed by atoms with van der Waals surface area (Å²) in [5.41, 5.74) is 7.44. The van der Waals surface area contributed by atoms with Gasteiger partial charge in [-0.05, 0) is 37.6 Å². The lowest BCUT2D eigenvalue weighted by Crippen LogP contribution is -2.38. The van der Waals surface area contributed by atoms with Gasteiger partial charge in [0.1, 0.15) is 12.4 Å². The minimum absolute atomic E-state index is 0.129. The monoisotopic (exact) mass is 234 g/mol.